The maximum atomic E-state index is 5.84. The van der Waals surface area contributed by atoms with Gasteiger partial charge in [0, 0.05) is 55.4 Å². The molecule has 2 aliphatic heterocycles. The van der Waals surface area contributed by atoms with Crippen LogP contribution >= 0.6 is 0 Å². The molecule has 4 heterocycles. The van der Waals surface area contributed by atoms with Crippen LogP contribution in [-0.2, 0) is 12.8 Å². The first-order valence-corrected chi connectivity index (χ1v) is 9.55. The largest absolute Gasteiger partial charge is 0.387 e. The summed E-state index contributed by atoms with van der Waals surface area (Å²) in [6.45, 7) is 4.42. The smallest absolute Gasteiger partial charge is 0.103 e. The van der Waals surface area contributed by atoms with Crippen LogP contribution in [0.2, 0.25) is 0 Å². The molecular formula is C20H26N8. The van der Waals surface area contributed by atoms with E-state index in [0.29, 0.717) is 17.7 Å². The van der Waals surface area contributed by atoms with Crippen molar-refractivity contribution in [3.05, 3.63) is 59.0 Å². The normalized spacial score (nSPS) is 20.2. The maximum absolute atomic E-state index is 5.84. The zero-order valence-corrected chi connectivity index (χ0v) is 16.2. The second kappa shape index (κ2) is 7.46. The van der Waals surface area contributed by atoms with Gasteiger partial charge in [0.1, 0.15) is 11.7 Å². The van der Waals surface area contributed by atoms with Crippen LogP contribution in [0.4, 0.5) is 0 Å². The molecule has 5 rings (SSSR count). The van der Waals surface area contributed by atoms with E-state index in [-0.39, 0.29) is 0 Å². The quantitative estimate of drug-likeness (QED) is 0.652. The standard InChI is InChI=1S/C12H16N4.C8H10N4/c1-6(2)10-11-7(4-9(13)16-11)3-8-12(10)15-5-14-8;9-8-2-6(3-11-8)1-7-4-10-5-12-7/h5-6,10H,3-4H2,1-2H3,(H2,13,16)(H,14,15);3-5H,1-2H2,(H2,9,11)(H,10,12). The van der Waals surface area contributed by atoms with Crippen LogP contribution in [-0.4, -0.2) is 31.6 Å². The molecule has 0 radical (unpaired) electrons. The molecule has 3 aliphatic rings. The lowest BCUT2D eigenvalue weighted by atomic mass is 9.81. The minimum Gasteiger partial charge on any atom is -0.387 e. The van der Waals surface area contributed by atoms with Gasteiger partial charge in [-0.05, 0) is 17.1 Å². The number of fused-ring (bicyclic) bond motifs is 1. The zero-order valence-electron chi connectivity index (χ0n) is 16.2. The summed E-state index contributed by atoms with van der Waals surface area (Å²) >= 11 is 0. The number of allylic oxidation sites excluding steroid dienone is 1. The predicted octanol–water partition coefficient (Wildman–Crippen LogP) is 2.32. The Kier molecular flexibility index (Phi) is 4.85. The van der Waals surface area contributed by atoms with Gasteiger partial charge in [0.05, 0.1) is 24.0 Å². The Morgan fingerprint density at radius 3 is 2.64 bits per heavy atom. The van der Waals surface area contributed by atoms with Crippen molar-refractivity contribution in [2.45, 2.75) is 45.4 Å². The number of nitrogens with zero attached hydrogens (tertiary/aromatic N) is 4. The molecule has 6 N–H and O–H groups in total. The fourth-order valence-corrected chi connectivity index (χ4v) is 3.97. The molecule has 0 fully saturated rings. The minimum absolute atomic E-state index is 0.311. The van der Waals surface area contributed by atoms with Crippen molar-refractivity contribution in [3.63, 3.8) is 0 Å². The Morgan fingerprint density at radius 2 is 1.96 bits per heavy atom. The molecule has 8 nitrogen and oxygen atoms in total. The highest BCUT2D eigenvalue weighted by molar-refractivity contribution is 5.87. The van der Waals surface area contributed by atoms with Gasteiger partial charge in [0.2, 0.25) is 0 Å². The van der Waals surface area contributed by atoms with Gasteiger partial charge < -0.3 is 21.4 Å². The maximum Gasteiger partial charge on any atom is 0.103 e. The number of aromatic nitrogens is 4. The summed E-state index contributed by atoms with van der Waals surface area (Å²) in [4.78, 5) is 23.2. The summed E-state index contributed by atoms with van der Waals surface area (Å²) in [7, 11) is 0. The summed E-state index contributed by atoms with van der Waals surface area (Å²) in [5.41, 5.74) is 18.6. The van der Waals surface area contributed by atoms with E-state index in [9.17, 15) is 0 Å². The van der Waals surface area contributed by atoms with Crippen LogP contribution < -0.4 is 11.5 Å². The van der Waals surface area contributed by atoms with E-state index < -0.39 is 0 Å². The molecule has 0 saturated heterocycles. The first-order chi connectivity index (χ1) is 13.5. The Bertz CT molecular complexity index is 972. The molecular weight excluding hydrogens is 352 g/mol. The third-order valence-corrected chi connectivity index (χ3v) is 5.21. The van der Waals surface area contributed by atoms with Gasteiger partial charge in [-0.25, -0.2) is 20.0 Å². The topological polar surface area (TPSA) is 134 Å². The molecule has 146 valence electrons. The van der Waals surface area contributed by atoms with Gasteiger partial charge in [0.15, 0.2) is 0 Å². The number of aromatic amines is 2. The average molecular weight is 378 g/mol. The molecule has 0 amide bonds. The third kappa shape index (κ3) is 3.62. The number of aliphatic imine (C=N–C) groups is 2. The van der Waals surface area contributed by atoms with Gasteiger partial charge in [-0.15, -0.1) is 0 Å². The molecule has 8 heteroatoms. The lowest BCUT2D eigenvalue weighted by Crippen LogP contribution is -2.17. The van der Waals surface area contributed by atoms with Gasteiger partial charge in [-0.2, -0.15) is 0 Å². The number of hydrogen-bond acceptors (Lipinski definition) is 6. The predicted molar refractivity (Wildman–Crippen MR) is 110 cm³/mol. The van der Waals surface area contributed by atoms with E-state index in [2.05, 4.69) is 43.8 Å². The lowest BCUT2D eigenvalue weighted by molar-refractivity contribution is 0.527. The molecule has 1 atom stereocenters. The van der Waals surface area contributed by atoms with Crippen molar-refractivity contribution in [1.82, 2.24) is 19.9 Å². The molecule has 0 aromatic carbocycles. The number of amidine groups is 2. The highest BCUT2D eigenvalue weighted by Gasteiger charge is 2.34. The average Bonchev–Trinajstić information content (AvgIpc) is 3.41. The van der Waals surface area contributed by atoms with Gasteiger partial charge >= 0.3 is 0 Å². The first kappa shape index (κ1) is 18.2. The fourth-order valence-electron chi connectivity index (χ4n) is 3.97. The summed E-state index contributed by atoms with van der Waals surface area (Å²) in [6.07, 6.45) is 10.5. The van der Waals surface area contributed by atoms with Crippen LogP contribution in [0, 0.1) is 5.92 Å². The second-order valence-electron chi connectivity index (χ2n) is 7.77. The Labute approximate surface area is 164 Å². The van der Waals surface area contributed by atoms with Crippen molar-refractivity contribution < 1.29 is 0 Å². The van der Waals surface area contributed by atoms with Crippen molar-refractivity contribution in [1.29, 1.82) is 0 Å². The van der Waals surface area contributed by atoms with E-state index in [4.69, 9.17) is 11.5 Å². The van der Waals surface area contributed by atoms with Gasteiger partial charge in [-0.3, -0.25) is 0 Å². The summed E-state index contributed by atoms with van der Waals surface area (Å²) < 4.78 is 0. The second-order valence-corrected chi connectivity index (χ2v) is 7.77. The third-order valence-electron chi connectivity index (χ3n) is 5.21. The summed E-state index contributed by atoms with van der Waals surface area (Å²) in [5.74, 6) is 2.26. The van der Waals surface area contributed by atoms with Crippen LogP contribution in [0.25, 0.3) is 0 Å². The summed E-state index contributed by atoms with van der Waals surface area (Å²) in [6, 6.07) is 0. The van der Waals surface area contributed by atoms with Crippen molar-refractivity contribution in [3.8, 4) is 0 Å². The number of imidazole rings is 2. The SMILES string of the molecule is CC(C)C1C2=C(CC(N)=N2)Cc2[nH]cnc21.NC1=NC=C(Cc2cnc[nH]2)C1. The molecule has 0 spiro atoms. The number of hydrogen-bond donors (Lipinski definition) is 4. The van der Waals surface area contributed by atoms with Crippen molar-refractivity contribution >= 4 is 11.7 Å². The Morgan fingerprint density at radius 1 is 1.11 bits per heavy atom. The molecule has 2 aromatic rings. The number of nitrogens with one attached hydrogen (secondary N) is 2. The van der Waals surface area contributed by atoms with Crippen LogP contribution in [0.5, 0.6) is 0 Å². The first-order valence-electron chi connectivity index (χ1n) is 9.55. The van der Waals surface area contributed by atoms with Crippen LogP contribution in [0.1, 0.15) is 49.7 Å². The number of H-pyrrole nitrogens is 2. The Hall–Kier alpha value is -3.16. The number of rotatable bonds is 3. The number of nitrogens with two attached hydrogens (primary N) is 2. The van der Waals surface area contributed by atoms with Crippen molar-refractivity contribution in [2.75, 3.05) is 0 Å². The molecule has 28 heavy (non-hydrogen) atoms. The molecule has 0 bridgehead atoms. The highest BCUT2D eigenvalue weighted by atomic mass is 15.0. The molecule has 0 saturated carbocycles. The minimum atomic E-state index is 0.311. The molecule has 1 unspecified atom stereocenters. The fraction of sp³-hybridized carbons (Fsp3) is 0.400. The van der Waals surface area contributed by atoms with Crippen LogP contribution in [0.3, 0.4) is 0 Å². The zero-order chi connectivity index (χ0) is 19.7. The van der Waals surface area contributed by atoms with E-state index in [1.807, 2.05) is 12.4 Å². The van der Waals surface area contributed by atoms with E-state index in [1.54, 1.807) is 12.7 Å². The summed E-state index contributed by atoms with van der Waals surface area (Å²) in [5, 5.41) is 0. The highest BCUT2D eigenvalue weighted by Crippen LogP contribution is 2.42. The van der Waals surface area contributed by atoms with Crippen molar-refractivity contribution in [2.24, 2.45) is 27.4 Å². The van der Waals surface area contributed by atoms with Gasteiger partial charge in [-0.1, -0.05) is 13.8 Å². The van der Waals surface area contributed by atoms with Crippen LogP contribution in [0.15, 0.2) is 51.9 Å². The van der Waals surface area contributed by atoms with E-state index in [0.717, 1.165) is 42.9 Å². The van der Waals surface area contributed by atoms with E-state index in [1.165, 1.54) is 22.5 Å². The lowest BCUT2D eigenvalue weighted by Gasteiger charge is -2.25. The van der Waals surface area contributed by atoms with E-state index >= 15 is 0 Å². The molecule has 2 aromatic heterocycles. The molecule has 1 aliphatic carbocycles. The monoisotopic (exact) mass is 378 g/mol. The Balaban J connectivity index is 0.000000143. The van der Waals surface area contributed by atoms with Gasteiger partial charge in [0.25, 0.3) is 0 Å².